The summed E-state index contributed by atoms with van der Waals surface area (Å²) < 4.78 is 7.57. The standard InChI is InChI=1S/C13H13ClN2O/c1-11(14)6-9-17-13-5-3-2-4-12(13)16-8-7-15-10-16/h2-8,10H,9H2,1H3. The van der Waals surface area contributed by atoms with E-state index in [0.29, 0.717) is 6.61 Å². The van der Waals surface area contributed by atoms with E-state index in [0.717, 1.165) is 16.5 Å². The average Bonchev–Trinajstić information content (AvgIpc) is 2.82. The first-order valence-corrected chi connectivity index (χ1v) is 5.67. The first-order chi connectivity index (χ1) is 8.27. The lowest BCUT2D eigenvalue weighted by molar-refractivity contribution is 0.361. The number of hydrogen-bond donors (Lipinski definition) is 0. The minimum absolute atomic E-state index is 0.459. The van der Waals surface area contributed by atoms with Crippen LogP contribution in [0.15, 0.2) is 54.1 Å². The topological polar surface area (TPSA) is 27.1 Å². The van der Waals surface area contributed by atoms with Gasteiger partial charge < -0.3 is 9.30 Å². The summed E-state index contributed by atoms with van der Waals surface area (Å²) >= 11 is 5.75. The molecule has 0 saturated carbocycles. The van der Waals surface area contributed by atoms with Crippen LogP contribution in [0.1, 0.15) is 6.92 Å². The number of benzene rings is 1. The molecule has 0 fully saturated rings. The van der Waals surface area contributed by atoms with E-state index in [1.807, 2.05) is 48.0 Å². The molecule has 17 heavy (non-hydrogen) atoms. The Hall–Kier alpha value is -1.74. The van der Waals surface area contributed by atoms with E-state index in [-0.39, 0.29) is 0 Å². The fourth-order valence-electron chi connectivity index (χ4n) is 1.44. The van der Waals surface area contributed by atoms with E-state index in [2.05, 4.69) is 4.98 Å². The lowest BCUT2D eigenvalue weighted by atomic mass is 10.3. The molecule has 0 aliphatic rings. The summed E-state index contributed by atoms with van der Waals surface area (Å²) in [6.45, 7) is 2.29. The molecule has 0 aliphatic carbocycles. The van der Waals surface area contributed by atoms with Crippen LogP contribution in [0.25, 0.3) is 5.69 Å². The molecular weight excluding hydrogens is 236 g/mol. The number of rotatable bonds is 4. The van der Waals surface area contributed by atoms with Gasteiger partial charge in [0.15, 0.2) is 0 Å². The Kier molecular flexibility index (Phi) is 3.83. The number of para-hydroxylation sites is 2. The molecule has 0 bridgehead atoms. The van der Waals surface area contributed by atoms with Crippen LogP contribution in [0.3, 0.4) is 0 Å². The summed E-state index contributed by atoms with van der Waals surface area (Å²) in [6, 6.07) is 7.80. The molecule has 0 aliphatic heterocycles. The molecule has 0 spiro atoms. The van der Waals surface area contributed by atoms with Crippen LogP contribution in [-0.4, -0.2) is 16.2 Å². The summed E-state index contributed by atoms with van der Waals surface area (Å²) in [4.78, 5) is 4.02. The molecule has 88 valence electrons. The maximum atomic E-state index is 5.75. The molecular formula is C13H13ClN2O. The molecule has 1 aromatic carbocycles. The van der Waals surface area contributed by atoms with Crippen molar-refractivity contribution in [2.24, 2.45) is 0 Å². The van der Waals surface area contributed by atoms with Crippen LogP contribution >= 0.6 is 11.6 Å². The number of halogens is 1. The maximum absolute atomic E-state index is 5.75. The molecule has 3 nitrogen and oxygen atoms in total. The second kappa shape index (κ2) is 5.55. The van der Waals surface area contributed by atoms with Crippen molar-refractivity contribution in [1.82, 2.24) is 9.55 Å². The molecule has 1 aromatic heterocycles. The Morgan fingerprint density at radius 3 is 3.00 bits per heavy atom. The third-order valence-electron chi connectivity index (χ3n) is 2.25. The zero-order valence-corrected chi connectivity index (χ0v) is 10.3. The highest BCUT2D eigenvalue weighted by Gasteiger charge is 2.03. The molecule has 2 aromatic rings. The lowest BCUT2D eigenvalue weighted by Crippen LogP contribution is -1.99. The number of hydrogen-bond acceptors (Lipinski definition) is 2. The van der Waals surface area contributed by atoms with Crippen molar-refractivity contribution >= 4 is 11.6 Å². The van der Waals surface area contributed by atoms with Gasteiger partial charge in [0.25, 0.3) is 0 Å². The Morgan fingerprint density at radius 1 is 1.47 bits per heavy atom. The van der Waals surface area contributed by atoms with Crippen molar-refractivity contribution in [3.8, 4) is 11.4 Å². The van der Waals surface area contributed by atoms with Crippen molar-refractivity contribution < 1.29 is 4.74 Å². The highest BCUT2D eigenvalue weighted by Crippen LogP contribution is 2.22. The highest BCUT2D eigenvalue weighted by atomic mass is 35.5. The van der Waals surface area contributed by atoms with Crippen LogP contribution in [-0.2, 0) is 0 Å². The first-order valence-electron chi connectivity index (χ1n) is 5.30. The van der Waals surface area contributed by atoms with Crippen molar-refractivity contribution in [3.05, 3.63) is 54.1 Å². The van der Waals surface area contributed by atoms with Crippen molar-refractivity contribution in [3.63, 3.8) is 0 Å². The van der Waals surface area contributed by atoms with Gasteiger partial charge in [-0.3, -0.25) is 0 Å². The van der Waals surface area contributed by atoms with E-state index in [1.54, 1.807) is 12.5 Å². The van der Waals surface area contributed by atoms with Crippen molar-refractivity contribution in [1.29, 1.82) is 0 Å². The summed E-state index contributed by atoms with van der Waals surface area (Å²) in [7, 11) is 0. The van der Waals surface area contributed by atoms with E-state index < -0.39 is 0 Å². The fraction of sp³-hybridized carbons (Fsp3) is 0.154. The Bertz CT molecular complexity index is 502. The molecule has 4 heteroatoms. The predicted molar refractivity (Wildman–Crippen MR) is 68.7 cm³/mol. The zero-order chi connectivity index (χ0) is 12.1. The Balaban J connectivity index is 2.20. The van der Waals surface area contributed by atoms with Gasteiger partial charge in [-0.2, -0.15) is 0 Å². The monoisotopic (exact) mass is 248 g/mol. The van der Waals surface area contributed by atoms with Gasteiger partial charge in [0.2, 0.25) is 0 Å². The Morgan fingerprint density at radius 2 is 2.29 bits per heavy atom. The fourth-order valence-corrected chi connectivity index (χ4v) is 1.50. The SMILES string of the molecule is CC(Cl)=CCOc1ccccc1-n1ccnc1. The summed E-state index contributed by atoms with van der Waals surface area (Å²) in [5.41, 5.74) is 0.964. The van der Waals surface area contributed by atoms with Gasteiger partial charge in [0.1, 0.15) is 12.4 Å². The predicted octanol–water partition coefficient (Wildman–Crippen LogP) is 3.39. The number of ether oxygens (including phenoxy) is 1. The third-order valence-corrected chi connectivity index (χ3v) is 2.41. The number of allylic oxidation sites excluding steroid dienone is 1. The number of imidazole rings is 1. The van der Waals surface area contributed by atoms with Gasteiger partial charge in [-0.15, -0.1) is 0 Å². The molecule has 0 N–H and O–H groups in total. The van der Waals surface area contributed by atoms with E-state index >= 15 is 0 Å². The van der Waals surface area contributed by atoms with Gasteiger partial charge in [-0.1, -0.05) is 23.7 Å². The van der Waals surface area contributed by atoms with Gasteiger partial charge in [-0.25, -0.2) is 4.98 Å². The van der Waals surface area contributed by atoms with E-state index in [1.165, 1.54) is 0 Å². The molecule has 0 amide bonds. The summed E-state index contributed by atoms with van der Waals surface area (Å²) in [6.07, 6.45) is 7.18. The maximum Gasteiger partial charge on any atom is 0.143 e. The minimum Gasteiger partial charge on any atom is -0.487 e. The average molecular weight is 249 g/mol. The summed E-state index contributed by atoms with van der Waals surface area (Å²) in [5.74, 6) is 0.805. The molecule has 1 heterocycles. The first kappa shape index (κ1) is 11.7. The van der Waals surface area contributed by atoms with Crippen LogP contribution in [0.5, 0.6) is 5.75 Å². The van der Waals surface area contributed by atoms with Gasteiger partial charge in [0, 0.05) is 17.4 Å². The van der Waals surface area contributed by atoms with Crippen LogP contribution < -0.4 is 4.74 Å². The molecule has 0 atom stereocenters. The van der Waals surface area contributed by atoms with Gasteiger partial charge in [-0.05, 0) is 25.1 Å². The zero-order valence-electron chi connectivity index (χ0n) is 9.51. The quantitative estimate of drug-likeness (QED) is 0.829. The van der Waals surface area contributed by atoms with Gasteiger partial charge >= 0.3 is 0 Å². The highest BCUT2D eigenvalue weighted by molar-refractivity contribution is 6.29. The molecule has 0 radical (unpaired) electrons. The molecule has 2 rings (SSSR count). The molecule has 0 saturated heterocycles. The largest absolute Gasteiger partial charge is 0.487 e. The van der Waals surface area contributed by atoms with Crippen LogP contribution in [0.4, 0.5) is 0 Å². The lowest BCUT2D eigenvalue weighted by Gasteiger charge is -2.10. The normalized spacial score (nSPS) is 11.5. The van der Waals surface area contributed by atoms with Crippen molar-refractivity contribution in [2.75, 3.05) is 6.61 Å². The minimum atomic E-state index is 0.459. The summed E-state index contributed by atoms with van der Waals surface area (Å²) in [5, 5.41) is 0.727. The van der Waals surface area contributed by atoms with E-state index in [9.17, 15) is 0 Å². The third kappa shape index (κ3) is 3.11. The number of nitrogens with zero attached hydrogens (tertiary/aromatic N) is 2. The second-order valence-corrected chi connectivity index (χ2v) is 4.14. The van der Waals surface area contributed by atoms with Crippen molar-refractivity contribution in [2.45, 2.75) is 6.92 Å². The number of aromatic nitrogens is 2. The van der Waals surface area contributed by atoms with Crippen LogP contribution in [0.2, 0.25) is 0 Å². The van der Waals surface area contributed by atoms with Crippen LogP contribution in [0, 0.1) is 0 Å². The smallest absolute Gasteiger partial charge is 0.143 e. The van der Waals surface area contributed by atoms with E-state index in [4.69, 9.17) is 16.3 Å². The Labute approximate surface area is 105 Å². The van der Waals surface area contributed by atoms with Gasteiger partial charge in [0.05, 0.1) is 12.0 Å². The second-order valence-electron chi connectivity index (χ2n) is 3.54. The molecule has 0 unspecified atom stereocenters.